The maximum absolute atomic E-state index is 5.62. The summed E-state index contributed by atoms with van der Waals surface area (Å²) in [6.45, 7) is 0. The van der Waals surface area contributed by atoms with Crippen LogP contribution in [0.1, 0.15) is 12.8 Å². The van der Waals surface area contributed by atoms with Gasteiger partial charge in [-0.1, -0.05) is 0 Å². The molecule has 76 valence electrons. The zero-order valence-electron chi connectivity index (χ0n) is 8.32. The second kappa shape index (κ2) is 3.74. The number of rotatable bonds is 4. The first-order valence-electron chi connectivity index (χ1n) is 4.57. The minimum atomic E-state index is 0.331. The molecule has 1 fully saturated rings. The number of pyridine rings is 1. The van der Waals surface area contributed by atoms with Crippen molar-refractivity contribution in [2.45, 2.75) is 18.9 Å². The van der Waals surface area contributed by atoms with Gasteiger partial charge in [0, 0.05) is 0 Å². The van der Waals surface area contributed by atoms with Crippen LogP contribution >= 0.6 is 0 Å². The molecule has 4 nitrogen and oxygen atoms in total. The lowest BCUT2D eigenvalue weighted by molar-refractivity contribution is 0.271. The Morgan fingerprint density at radius 3 is 2.43 bits per heavy atom. The highest BCUT2D eigenvalue weighted by atomic mass is 16.5. The second-order valence-corrected chi connectivity index (χ2v) is 3.19. The summed E-state index contributed by atoms with van der Waals surface area (Å²) in [5.74, 6) is 1.88. The van der Waals surface area contributed by atoms with Gasteiger partial charge in [0.15, 0.2) is 11.5 Å². The fraction of sp³-hybridized carbons (Fsp3) is 0.500. The average molecular weight is 195 g/mol. The molecule has 4 heteroatoms. The first-order chi connectivity index (χ1) is 6.85. The van der Waals surface area contributed by atoms with Crippen LogP contribution in [-0.2, 0) is 0 Å². The number of hydrogen-bond donors (Lipinski definition) is 0. The molecule has 0 N–H and O–H groups in total. The molecule has 1 saturated carbocycles. The van der Waals surface area contributed by atoms with Crippen LogP contribution in [0.2, 0.25) is 0 Å². The maximum atomic E-state index is 5.62. The zero-order chi connectivity index (χ0) is 9.97. The molecule has 1 aromatic rings. The van der Waals surface area contributed by atoms with Gasteiger partial charge in [-0.15, -0.1) is 0 Å². The summed E-state index contributed by atoms with van der Waals surface area (Å²) < 4.78 is 15.9. The Bertz CT molecular complexity index is 323. The molecular formula is C10H13NO3. The van der Waals surface area contributed by atoms with E-state index in [0.717, 1.165) is 12.8 Å². The molecule has 0 amide bonds. The molecule has 0 spiro atoms. The van der Waals surface area contributed by atoms with Gasteiger partial charge in [-0.3, -0.25) is 4.98 Å². The van der Waals surface area contributed by atoms with Crippen LogP contribution < -0.4 is 14.2 Å². The highest BCUT2D eigenvalue weighted by molar-refractivity contribution is 5.48. The van der Waals surface area contributed by atoms with Crippen LogP contribution in [0.4, 0.5) is 0 Å². The van der Waals surface area contributed by atoms with Crippen LogP contribution in [0.3, 0.4) is 0 Å². The minimum Gasteiger partial charge on any atom is -0.491 e. The molecule has 1 aliphatic carbocycles. The molecule has 0 saturated heterocycles. The van der Waals surface area contributed by atoms with Gasteiger partial charge in [-0.25, -0.2) is 0 Å². The standard InChI is InChI=1S/C10H13NO3/c1-12-8-5-11-6-9(10(8)13-2)14-7-3-4-7/h5-7H,3-4H2,1-2H3. The molecular weight excluding hydrogens is 182 g/mol. The van der Waals surface area contributed by atoms with Crippen LogP contribution in [0.25, 0.3) is 0 Å². The van der Waals surface area contributed by atoms with Crippen molar-refractivity contribution in [3.8, 4) is 17.2 Å². The third-order valence-corrected chi connectivity index (χ3v) is 2.07. The fourth-order valence-electron chi connectivity index (χ4n) is 1.21. The number of hydrogen-bond acceptors (Lipinski definition) is 4. The lowest BCUT2D eigenvalue weighted by atomic mass is 10.4. The van der Waals surface area contributed by atoms with E-state index >= 15 is 0 Å². The van der Waals surface area contributed by atoms with Gasteiger partial charge in [-0.2, -0.15) is 0 Å². The summed E-state index contributed by atoms with van der Waals surface area (Å²) in [5.41, 5.74) is 0. The highest BCUT2D eigenvalue weighted by Gasteiger charge is 2.25. The first-order valence-corrected chi connectivity index (χ1v) is 4.57. The Morgan fingerprint density at radius 2 is 1.86 bits per heavy atom. The Kier molecular flexibility index (Phi) is 2.43. The van der Waals surface area contributed by atoms with Crippen molar-refractivity contribution >= 4 is 0 Å². The van der Waals surface area contributed by atoms with Crippen LogP contribution in [0, 0.1) is 0 Å². The van der Waals surface area contributed by atoms with Gasteiger partial charge in [0.25, 0.3) is 0 Å². The lowest BCUT2D eigenvalue weighted by Gasteiger charge is -2.11. The average Bonchev–Trinajstić information content (AvgIpc) is 3.01. The molecule has 0 atom stereocenters. The number of ether oxygens (including phenoxy) is 3. The fourth-order valence-corrected chi connectivity index (χ4v) is 1.21. The summed E-state index contributed by atoms with van der Waals surface area (Å²) in [5, 5.41) is 0. The molecule has 0 bridgehead atoms. The second-order valence-electron chi connectivity index (χ2n) is 3.19. The maximum Gasteiger partial charge on any atom is 0.206 e. The summed E-state index contributed by atoms with van der Waals surface area (Å²) in [6.07, 6.45) is 5.82. The normalized spacial score (nSPS) is 15.0. The Balaban J connectivity index is 2.26. The Hall–Kier alpha value is -1.45. The van der Waals surface area contributed by atoms with E-state index in [-0.39, 0.29) is 0 Å². The molecule has 0 radical (unpaired) electrons. The summed E-state index contributed by atoms with van der Waals surface area (Å²) in [4.78, 5) is 4.01. The van der Waals surface area contributed by atoms with Gasteiger partial charge < -0.3 is 14.2 Å². The van der Waals surface area contributed by atoms with Gasteiger partial charge >= 0.3 is 0 Å². The van der Waals surface area contributed by atoms with Crippen LogP contribution in [0.5, 0.6) is 17.2 Å². The van der Waals surface area contributed by atoms with E-state index in [4.69, 9.17) is 14.2 Å². The molecule has 1 aliphatic rings. The summed E-state index contributed by atoms with van der Waals surface area (Å²) in [7, 11) is 3.18. The molecule has 14 heavy (non-hydrogen) atoms. The van der Waals surface area contributed by atoms with Crippen LogP contribution in [-0.4, -0.2) is 25.3 Å². The van der Waals surface area contributed by atoms with Crippen molar-refractivity contribution < 1.29 is 14.2 Å². The summed E-state index contributed by atoms with van der Waals surface area (Å²) in [6, 6.07) is 0. The molecule has 0 unspecified atom stereocenters. The smallest absolute Gasteiger partial charge is 0.206 e. The summed E-state index contributed by atoms with van der Waals surface area (Å²) >= 11 is 0. The van der Waals surface area contributed by atoms with E-state index in [1.165, 1.54) is 0 Å². The number of methoxy groups -OCH3 is 2. The topological polar surface area (TPSA) is 40.6 Å². The third kappa shape index (κ3) is 1.73. The Morgan fingerprint density at radius 1 is 1.14 bits per heavy atom. The lowest BCUT2D eigenvalue weighted by Crippen LogP contribution is -2.00. The molecule has 1 heterocycles. The van der Waals surface area contributed by atoms with Crippen molar-refractivity contribution in [3.63, 3.8) is 0 Å². The molecule has 2 rings (SSSR count). The predicted molar refractivity (Wildman–Crippen MR) is 51.0 cm³/mol. The van der Waals surface area contributed by atoms with Crippen molar-refractivity contribution in [2.24, 2.45) is 0 Å². The SMILES string of the molecule is COc1cncc(OC2CC2)c1OC. The van der Waals surface area contributed by atoms with Gasteiger partial charge in [0.1, 0.15) is 0 Å². The van der Waals surface area contributed by atoms with Crippen molar-refractivity contribution in [1.82, 2.24) is 4.98 Å². The predicted octanol–water partition coefficient (Wildman–Crippen LogP) is 1.64. The van der Waals surface area contributed by atoms with E-state index in [1.807, 2.05) is 0 Å². The van der Waals surface area contributed by atoms with Crippen molar-refractivity contribution in [3.05, 3.63) is 12.4 Å². The molecule has 0 aliphatic heterocycles. The number of nitrogens with zero attached hydrogens (tertiary/aromatic N) is 1. The van der Waals surface area contributed by atoms with Gasteiger partial charge in [0.05, 0.1) is 32.7 Å². The van der Waals surface area contributed by atoms with Gasteiger partial charge in [-0.05, 0) is 12.8 Å². The monoisotopic (exact) mass is 195 g/mol. The molecule has 1 aromatic heterocycles. The Labute approximate surface area is 82.8 Å². The molecule has 0 aromatic carbocycles. The minimum absolute atomic E-state index is 0.331. The van der Waals surface area contributed by atoms with Crippen molar-refractivity contribution in [1.29, 1.82) is 0 Å². The first kappa shape index (κ1) is 9.12. The zero-order valence-corrected chi connectivity index (χ0v) is 8.32. The van der Waals surface area contributed by atoms with Gasteiger partial charge in [0.2, 0.25) is 5.75 Å². The van der Waals surface area contributed by atoms with Crippen LogP contribution in [0.15, 0.2) is 12.4 Å². The van der Waals surface area contributed by atoms with E-state index in [9.17, 15) is 0 Å². The van der Waals surface area contributed by atoms with E-state index in [2.05, 4.69) is 4.98 Å². The van der Waals surface area contributed by atoms with Crippen molar-refractivity contribution in [2.75, 3.05) is 14.2 Å². The highest BCUT2D eigenvalue weighted by Crippen LogP contribution is 2.38. The third-order valence-electron chi connectivity index (χ3n) is 2.07. The van der Waals surface area contributed by atoms with E-state index in [0.29, 0.717) is 23.4 Å². The largest absolute Gasteiger partial charge is 0.491 e. The van der Waals surface area contributed by atoms with E-state index < -0.39 is 0 Å². The number of aromatic nitrogens is 1. The quantitative estimate of drug-likeness (QED) is 0.732. The van der Waals surface area contributed by atoms with E-state index in [1.54, 1.807) is 26.6 Å².